The third-order valence-electron chi connectivity index (χ3n) is 5.40. The van der Waals surface area contributed by atoms with Crippen molar-refractivity contribution in [1.82, 2.24) is 0 Å². The van der Waals surface area contributed by atoms with Gasteiger partial charge in [0.05, 0.1) is 13.1 Å². The molecule has 3 atom stereocenters. The minimum atomic E-state index is 0.161. The van der Waals surface area contributed by atoms with E-state index in [9.17, 15) is 4.79 Å². The highest BCUT2D eigenvalue weighted by Crippen LogP contribution is 2.32. The molecule has 1 aromatic carbocycles. The lowest BCUT2D eigenvalue weighted by Gasteiger charge is -2.38. The van der Waals surface area contributed by atoms with E-state index in [1.54, 1.807) is 0 Å². The average molecular weight is 301 g/mol. The number of rotatable bonds is 3. The van der Waals surface area contributed by atoms with Crippen LogP contribution in [0.25, 0.3) is 0 Å². The van der Waals surface area contributed by atoms with Crippen LogP contribution in [0.4, 0.5) is 5.69 Å². The van der Waals surface area contributed by atoms with Crippen LogP contribution in [-0.2, 0) is 4.79 Å². The predicted octanol–water partition coefficient (Wildman–Crippen LogP) is 2.34. The number of aryl methyl sites for hydroxylation is 2. The van der Waals surface area contributed by atoms with Gasteiger partial charge in [-0.2, -0.15) is 0 Å². The zero-order chi connectivity index (χ0) is 15.5. The Hall–Kier alpha value is -1.35. The predicted molar refractivity (Wildman–Crippen MR) is 90.2 cm³/mol. The molecule has 0 radical (unpaired) electrons. The van der Waals surface area contributed by atoms with E-state index in [1.165, 1.54) is 61.2 Å². The highest BCUT2D eigenvalue weighted by atomic mass is 16.2. The third kappa shape index (κ3) is 3.89. The summed E-state index contributed by atoms with van der Waals surface area (Å²) in [4.78, 5) is 13.8. The van der Waals surface area contributed by atoms with Crippen LogP contribution in [0.2, 0.25) is 0 Å². The number of hydrogen-bond acceptors (Lipinski definition) is 1. The monoisotopic (exact) mass is 301 g/mol. The van der Waals surface area contributed by atoms with Crippen LogP contribution in [0.5, 0.6) is 0 Å². The van der Waals surface area contributed by atoms with Gasteiger partial charge in [-0.1, -0.05) is 18.9 Å². The number of fused-ring (bicyclic) bond motifs is 1. The molecule has 1 unspecified atom stereocenters. The Kier molecular flexibility index (Phi) is 4.82. The molecule has 22 heavy (non-hydrogen) atoms. The molecule has 1 amide bonds. The summed E-state index contributed by atoms with van der Waals surface area (Å²) in [5.41, 5.74) is 3.34. The molecule has 1 aromatic rings. The van der Waals surface area contributed by atoms with Gasteiger partial charge in [-0.15, -0.1) is 0 Å². The van der Waals surface area contributed by atoms with Gasteiger partial charge in [0.25, 0.3) is 5.91 Å². The van der Waals surface area contributed by atoms with Crippen LogP contribution >= 0.6 is 0 Å². The van der Waals surface area contributed by atoms with Gasteiger partial charge in [-0.25, -0.2) is 0 Å². The van der Waals surface area contributed by atoms with Crippen molar-refractivity contribution in [3.05, 3.63) is 29.3 Å². The van der Waals surface area contributed by atoms with Crippen LogP contribution in [0, 0.1) is 25.7 Å². The average Bonchev–Trinajstić information content (AvgIpc) is 2.45. The Morgan fingerprint density at radius 2 is 1.77 bits per heavy atom. The van der Waals surface area contributed by atoms with E-state index >= 15 is 0 Å². The van der Waals surface area contributed by atoms with E-state index in [0.717, 1.165) is 17.5 Å². The van der Waals surface area contributed by atoms with E-state index in [0.29, 0.717) is 6.54 Å². The zero-order valence-corrected chi connectivity index (χ0v) is 14.0. The van der Waals surface area contributed by atoms with Crippen LogP contribution in [0.3, 0.4) is 0 Å². The second-order valence-corrected chi connectivity index (χ2v) is 7.40. The molecule has 1 saturated heterocycles. The molecular weight excluding hydrogens is 272 g/mol. The van der Waals surface area contributed by atoms with Crippen LogP contribution < -0.4 is 10.2 Å². The second kappa shape index (κ2) is 6.82. The molecule has 120 valence electrons. The summed E-state index contributed by atoms with van der Waals surface area (Å²) < 4.78 is 0. The molecule has 1 aliphatic heterocycles. The summed E-state index contributed by atoms with van der Waals surface area (Å²) in [5, 5.41) is 3.08. The van der Waals surface area contributed by atoms with Crippen molar-refractivity contribution in [2.75, 3.05) is 25.0 Å². The molecule has 3 heteroatoms. The lowest BCUT2D eigenvalue weighted by atomic mass is 9.75. The number of anilines is 1. The fraction of sp³-hybridized carbons (Fsp3) is 0.632. The van der Waals surface area contributed by atoms with E-state index < -0.39 is 0 Å². The molecule has 1 heterocycles. The number of carbonyl (C=O) groups is 1. The molecule has 2 N–H and O–H groups in total. The van der Waals surface area contributed by atoms with Crippen molar-refractivity contribution in [2.45, 2.75) is 46.0 Å². The SMILES string of the molecule is Cc1cc(C)cc(NC(=O)C[NH+]2CC[C@H]3CCCC[C@@H]3C2)c1. The largest absolute Gasteiger partial charge is 0.327 e. The molecule has 1 aliphatic carbocycles. The number of carbonyl (C=O) groups excluding carboxylic acids is 1. The van der Waals surface area contributed by atoms with Gasteiger partial charge in [0, 0.05) is 11.6 Å². The normalized spacial score (nSPS) is 28.0. The maximum Gasteiger partial charge on any atom is 0.279 e. The first-order valence-corrected chi connectivity index (χ1v) is 8.82. The summed E-state index contributed by atoms with van der Waals surface area (Å²) in [6.45, 7) is 7.13. The maximum atomic E-state index is 12.3. The van der Waals surface area contributed by atoms with Gasteiger partial charge in [0.1, 0.15) is 0 Å². The van der Waals surface area contributed by atoms with Crippen molar-refractivity contribution in [1.29, 1.82) is 0 Å². The van der Waals surface area contributed by atoms with Gasteiger partial charge < -0.3 is 10.2 Å². The van der Waals surface area contributed by atoms with Crippen LogP contribution in [0.15, 0.2) is 18.2 Å². The number of benzene rings is 1. The van der Waals surface area contributed by atoms with Gasteiger partial charge in [-0.05, 0) is 62.3 Å². The summed E-state index contributed by atoms with van der Waals surface area (Å²) >= 11 is 0. The van der Waals surface area contributed by atoms with Crippen LogP contribution in [0.1, 0.15) is 43.2 Å². The Balaban J connectivity index is 1.53. The molecule has 3 rings (SSSR count). The molecule has 0 aromatic heterocycles. The first kappa shape index (κ1) is 15.5. The number of amides is 1. The number of likely N-dealkylation sites (tertiary alicyclic amines) is 1. The van der Waals surface area contributed by atoms with Crippen molar-refractivity contribution in [2.24, 2.45) is 11.8 Å². The topological polar surface area (TPSA) is 33.5 Å². The lowest BCUT2D eigenvalue weighted by molar-refractivity contribution is -0.902. The fourth-order valence-corrected chi connectivity index (χ4v) is 4.44. The van der Waals surface area contributed by atoms with E-state index in [2.05, 4.69) is 25.2 Å². The van der Waals surface area contributed by atoms with E-state index in [-0.39, 0.29) is 5.91 Å². The van der Waals surface area contributed by atoms with Crippen molar-refractivity contribution >= 4 is 11.6 Å². The minimum absolute atomic E-state index is 0.161. The Labute approximate surface area is 134 Å². The fourth-order valence-electron chi connectivity index (χ4n) is 4.44. The van der Waals surface area contributed by atoms with Gasteiger partial charge in [0.15, 0.2) is 6.54 Å². The van der Waals surface area contributed by atoms with E-state index in [4.69, 9.17) is 0 Å². The lowest BCUT2D eigenvalue weighted by Crippen LogP contribution is -3.15. The smallest absolute Gasteiger partial charge is 0.279 e. The molecule has 0 spiro atoms. The minimum Gasteiger partial charge on any atom is -0.327 e. The molecule has 0 bridgehead atoms. The van der Waals surface area contributed by atoms with E-state index in [1.807, 2.05) is 12.1 Å². The highest BCUT2D eigenvalue weighted by Gasteiger charge is 2.34. The van der Waals surface area contributed by atoms with Crippen molar-refractivity contribution in [3.8, 4) is 0 Å². The second-order valence-electron chi connectivity index (χ2n) is 7.40. The highest BCUT2D eigenvalue weighted by molar-refractivity contribution is 5.91. The summed E-state index contributed by atoms with van der Waals surface area (Å²) in [6, 6.07) is 6.23. The zero-order valence-electron chi connectivity index (χ0n) is 14.0. The van der Waals surface area contributed by atoms with Gasteiger partial charge in [0.2, 0.25) is 0 Å². The third-order valence-corrected chi connectivity index (χ3v) is 5.40. The van der Waals surface area contributed by atoms with Crippen LogP contribution in [-0.4, -0.2) is 25.5 Å². The van der Waals surface area contributed by atoms with Crippen molar-refractivity contribution < 1.29 is 9.69 Å². The molecule has 1 saturated carbocycles. The number of quaternary nitrogens is 1. The standard InChI is InChI=1S/C19H28N2O/c1-14-9-15(2)11-18(10-14)20-19(22)13-21-8-7-16-5-3-4-6-17(16)12-21/h9-11,16-17H,3-8,12-13H2,1-2H3,(H,20,22)/p+1/t16-,17-/m1/s1. The van der Waals surface area contributed by atoms with Crippen molar-refractivity contribution in [3.63, 3.8) is 0 Å². The summed E-state index contributed by atoms with van der Waals surface area (Å²) in [5.74, 6) is 1.97. The molecule has 2 fully saturated rings. The van der Waals surface area contributed by atoms with Gasteiger partial charge >= 0.3 is 0 Å². The number of nitrogens with one attached hydrogen (secondary N) is 2. The molecule has 3 nitrogen and oxygen atoms in total. The Bertz CT molecular complexity index is 520. The molecule has 2 aliphatic rings. The van der Waals surface area contributed by atoms with Gasteiger partial charge in [-0.3, -0.25) is 4.79 Å². The Morgan fingerprint density at radius 1 is 1.09 bits per heavy atom. The summed E-state index contributed by atoms with van der Waals surface area (Å²) in [6.07, 6.45) is 6.93. The number of hydrogen-bond donors (Lipinski definition) is 2. The first-order valence-electron chi connectivity index (χ1n) is 8.82. The maximum absolute atomic E-state index is 12.3. The number of piperidine rings is 1. The summed E-state index contributed by atoms with van der Waals surface area (Å²) in [7, 11) is 0. The first-order chi connectivity index (χ1) is 10.6. The quantitative estimate of drug-likeness (QED) is 0.883. The Morgan fingerprint density at radius 3 is 2.50 bits per heavy atom. The molecular formula is C19H29N2O+.